The lowest BCUT2D eigenvalue weighted by Crippen LogP contribution is -2.32. The van der Waals surface area contributed by atoms with Gasteiger partial charge in [0.05, 0.1) is 18.2 Å². The Morgan fingerprint density at radius 3 is 2.68 bits per heavy atom. The Bertz CT molecular complexity index is 972. The van der Waals surface area contributed by atoms with Crippen molar-refractivity contribution in [3.8, 4) is 17.0 Å². The number of alkyl halides is 1. The van der Waals surface area contributed by atoms with Crippen LogP contribution in [0.4, 0.5) is 16.5 Å². The average molecular weight is 416 g/mol. The molecule has 146 valence electrons. The number of hydrogen-bond acceptors (Lipinski definition) is 5. The van der Waals surface area contributed by atoms with Gasteiger partial charge in [-0.05, 0) is 38.1 Å². The van der Waals surface area contributed by atoms with Gasteiger partial charge < -0.3 is 15.4 Å². The lowest BCUT2D eigenvalue weighted by atomic mass is 9.95. The number of benzene rings is 2. The van der Waals surface area contributed by atoms with E-state index in [1.807, 2.05) is 67.8 Å². The van der Waals surface area contributed by atoms with Gasteiger partial charge in [-0.3, -0.25) is 4.79 Å². The Hall–Kier alpha value is -2.57. The van der Waals surface area contributed by atoms with E-state index in [2.05, 4.69) is 15.6 Å². The maximum absolute atomic E-state index is 12.3. The molecule has 7 heteroatoms. The van der Waals surface area contributed by atoms with Crippen molar-refractivity contribution in [3.63, 3.8) is 0 Å². The summed E-state index contributed by atoms with van der Waals surface area (Å²) in [5, 5.41) is 8.97. The zero-order valence-electron chi connectivity index (χ0n) is 16.0. The largest absolute Gasteiger partial charge is 0.497 e. The summed E-state index contributed by atoms with van der Waals surface area (Å²) in [6.07, 6.45) is 0. The summed E-state index contributed by atoms with van der Waals surface area (Å²) in [5.41, 5.74) is 2.76. The van der Waals surface area contributed by atoms with E-state index in [9.17, 15) is 4.79 Å². The number of rotatable bonds is 7. The minimum atomic E-state index is -0.633. The molecule has 0 bridgehead atoms. The summed E-state index contributed by atoms with van der Waals surface area (Å²) in [4.78, 5) is 17.0. The molecule has 0 aliphatic heterocycles. The number of methoxy groups -OCH3 is 1. The molecule has 28 heavy (non-hydrogen) atoms. The van der Waals surface area contributed by atoms with Crippen molar-refractivity contribution in [2.45, 2.75) is 13.8 Å². The highest BCUT2D eigenvalue weighted by atomic mass is 35.5. The zero-order valence-corrected chi connectivity index (χ0v) is 17.5. The van der Waals surface area contributed by atoms with E-state index in [4.69, 9.17) is 16.3 Å². The van der Waals surface area contributed by atoms with Crippen molar-refractivity contribution in [3.05, 3.63) is 53.9 Å². The molecule has 0 atom stereocenters. The first-order valence-corrected chi connectivity index (χ1v) is 10.2. The highest BCUT2D eigenvalue weighted by Gasteiger charge is 2.26. The molecule has 0 spiro atoms. The second-order valence-electron chi connectivity index (χ2n) is 6.95. The number of hydrogen-bond donors (Lipinski definition) is 2. The number of aromatic nitrogens is 1. The fourth-order valence-corrected chi connectivity index (χ4v) is 3.27. The fourth-order valence-electron chi connectivity index (χ4n) is 2.41. The van der Waals surface area contributed by atoms with E-state index in [0.29, 0.717) is 0 Å². The third-order valence-corrected chi connectivity index (χ3v) is 5.62. The van der Waals surface area contributed by atoms with Crippen LogP contribution in [0.5, 0.6) is 5.75 Å². The third-order valence-electron chi connectivity index (χ3n) is 4.19. The van der Waals surface area contributed by atoms with Gasteiger partial charge in [0.25, 0.3) is 0 Å². The van der Waals surface area contributed by atoms with Crippen molar-refractivity contribution < 1.29 is 9.53 Å². The third kappa shape index (κ3) is 4.82. The van der Waals surface area contributed by atoms with Gasteiger partial charge in [-0.2, -0.15) is 0 Å². The molecule has 2 aromatic carbocycles. The highest BCUT2D eigenvalue weighted by molar-refractivity contribution is 7.14. The number of anilines is 3. The van der Waals surface area contributed by atoms with Gasteiger partial charge in [0, 0.05) is 34.3 Å². The minimum absolute atomic E-state index is 0.113. The number of amides is 1. The molecule has 3 aromatic rings. The molecule has 5 nitrogen and oxygen atoms in total. The lowest BCUT2D eigenvalue weighted by molar-refractivity contribution is -0.122. The first-order chi connectivity index (χ1) is 13.4. The van der Waals surface area contributed by atoms with Crippen LogP contribution in [0.25, 0.3) is 11.3 Å². The summed E-state index contributed by atoms with van der Waals surface area (Å²) in [5.74, 6) is 0.924. The van der Waals surface area contributed by atoms with E-state index in [1.165, 1.54) is 11.3 Å². The minimum Gasteiger partial charge on any atom is -0.497 e. The molecule has 1 heterocycles. The first-order valence-electron chi connectivity index (χ1n) is 8.76. The molecular weight excluding hydrogens is 394 g/mol. The summed E-state index contributed by atoms with van der Waals surface area (Å²) in [6, 6.07) is 15.3. The summed E-state index contributed by atoms with van der Waals surface area (Å²) >= 11 is 7.40. The lowest BCUT2D eigenvalue weighted by Gasteiger charge is -2.20. The molecule has 2 N–H and O–H groups in total. The Labute approximate surface area is 173 Å². The second kappa shape index (κ2) is 8.63. The SMILES string of the molecule is COc1cccc(Nc2nc(-c3cccc(NC(=O)C(C)(C)CCl)c3)cs2)c1. The van der Waals surface area contributed by atoms with Crippen molar-refractivity contribution in [2.75, 3.05) is 23.6 Å². The Morgan fingerprint density at radius 2 is 1.93 bits per heavy atom. The molecule has 0 radical (unpaired) electrons. The van der Waals surface area contributed by atoms with Crippen LogP contribution in [0.2, 0.25) is 0 Å². The predicted octanol–water partition coefficient (Wildman–Crippen LogP) is 5.77. The van der Waals surface area contributed by atoms with Gasteiger partial charge in [-0.15, -0.1) is 22.9 Å². The molecule has 0 fully saturated rings. The van der Waals surface area contributed by atoms with Crippen molar-refractivity contribution in [1.29, 1.82) is 0 Å². The van der Waals surface area contributed by atoms with E-state index in [0.717, 1.165) is 33.5 Å². The van der Waals surface area contributed by atoms with Gasteiger partial charge in [0.15, 0.2) is 5.13 Å². The Morgan fingerprint density at radius 1 is 1.18 bits per heavy atom. The number of carbonyl (C=O) groups is 1. The number of nitrogens with one attached hydrogen (secondary N) is 2. The standard InChI is InChI=1S/C21H22ClN3O2S/c1-21(2,13-22)19(26)23-15-7-4-6-14(10-15)18-12-28-20(25-18)24-16-8-5-9-17(11-16)27-3/h4-12H,13H2,1-3H3,(H,23,26)(H,24,25). The molecule has 0 saturated heterocycles. The number of halogens is 1. The molecule has 1 aromatic heterocycles. The van der Waals surface area contributed by atoms with Crippen LogP contribution in [0, 0.1) is 5.41 Å². The van der Waals surface area contributed by atoms with Crippen LogP contribution < -0.4 is 15.4 Å². The Kier molecular flexibility index (Phi) is 6.21. The van der Waals surface area contributed by atoms with Crippen LogP contribution in [0.3, 0.4) is 0 Å². The van der Waals surface area contributed by atoms with Crippen molar-refractivity contribution in [2.24, 2.45) is 5.41 Å². The van der Waals surface area contributed by atoms with Gasteiger partial charge in [-0.1, -0.05) is 18.2 Å². The van der Waals surface area contributed by atoms with Crippen LogP contribution >= 0.6 is 22.9 Å². The smallest absolute Gasteiger partial charge is 0.231 e. The Balaban J connectivity index is 1.75. The van der Waals surface area contributed by atoms with Crippen molar-refractivity contribution >= 4 is 45.4 Å². The van der Waals surface area contributed by atoms with Gasteiger partial charge >= 0.3 is 0 Å². The second-order valence-corrected chi connectivity index (χ2v) is 8.07. The van der Waals surface area contributed by atoms with E-state index in [1.54, 1.807) is 7.11 Å². The maximum Gasteiger partial charge on any atom is 0.231 e. The van der Waals surface area contributed by atoms with Gasteiger partial charge in [-0.25, -0.2) is 4.98 Å². The normalized spacial score (nSPS) is 11.1. The monoisotopic (exact) mass is 415 g/mol. The molecule has 3 rings (SSSR count). The van der Waals surface area contributed by atoms with Crippen LogP contribution in [-0.4, -0.2) is 23.9 Å². The molecule has 0 unspecified atom stereocenters. The van der Waals surface area contributed by atoms with Gasteiger partial charge in [0.1, 0.15) is 5.75 Å². The van der Waals surface area contributed by atoms with Crippen LogP contribution in [0.15, 0.2) is 53.9 Å². The van der Waals surface area contributed by atoms with Gasteiger partial charge in [0.2, 0.25) is 5.91 Å². The summed E-state index contributed by atoms with van der Waals surface area (Å²) in [7, 11) is 1.64. The summed E-state index contributed by atoms with van der Waals surface area (Å²) in [6.45, 7) is 3.63. The zero-order chi connectivity index (χ0) is 20.1. The highest BCUT2D eigenvalue weighted by Crippen LogP contribution is 2.30. The number of nitrogens with zero attached hydrogens (tertiary/aromatic N) is 1. The number of carbonyl (C=O) groups excluding carboxylic acids is 1. The number of thiazole rings is 1. The molecule has 1 amide bonds. The first kappa shape index (κ1) is 20.2. The maximum atomic E-state index is 12.3. The fraction of sp³-hybridized carbons (Fsp3) is 0.238. The van der Waals surface area contributed by atoms with Crippen LogP contribution in [0.1, 0.15) is 13.8 Å². The molecule has 0 aliphatic rings. The predicted molar refractivity (Wildman–Crippen MR) is 117 cm³/mol. The van der Waals surface area contributed by atoms with E-state index >= 15 is 0 Å². The molecule has 0 aliphatic carbocycles. The molecular formula is C21H22ClN3O2S. The summed E-state index contributed by atoms with van der Waals surface area (Å²) < 4.78 is 5.24. The quantitative estimate of drug-likeness (QED) is 0.481. The topological polar surface area (TPSA) is 63.2 Å². The number of ether oxygens (including phenoxy) is 1. The van der Waals surface area contributed by atoms with Crippen molar-refractivity contribution in [1.82, 2.24) is 4.98 Å². The average Bonchev–Trinajstić information content (AvgIpc) is 3.16. The molecule has 0 saturated carbocycles. The van der Waals surface area contributed by atoms with E-state index in [-0.39, 0.29) is 11.8 Å². The van der Waals surface area contributed by atoms with Crippen LogP contribution in [-0.2, 0) is 4.79 Å². The van der Waals surface area contributed by atoms with E-state index < -0.39 is 5.41 Å².